The lowest BCUT2D eigenvalue weighted by atomic mass is 10.1. The maximum atomic E-state index is 11.8. The first-order valence-corrected chi connectivity index (χ1v) is 8.73. The summed E-state index contributed by atoms with van der Waals surface area (Å²) >= 11 is 0. The molecule has 86 valence electrons. The van der Waals surface area contributed by atoms with E-state index in [9.17, 15) is 4.79 Å². The van der Waals surface area contributed by atoms with E-state index < -0.39 is 8.32 Å². The van der Waals surface area contributed by atoms with Crippen LogP contribution in [0.2, 0.25) is 18.6 Å². The zero-order valence-electron chi connectivity index (χ0n) is 9.92. The van der Waals surface area contributed by atoms with Crippen LogP contribution in [0.15, 0.2) is 12.7 Å². The van der Waals surface area contributed by atoms with Gasteiger partial charge in [-0.3, -0.25) is 4.79 Å². The molecule has 1 unspecified atom stereocenters. The van der Waals surface area contributed by atoms with Crippen LogP contribution in [0.1, 0.15) is 32.6 Å². The second-order valence-corrected chi connectivity index (χ2v) is 8.96. The van der Waals surface area contributed by atoms with Crippen LogP contribution in [0.3, 0.4) is 0 Å². The van der Waals surface area contributed by atoms with Crippen LogP contribution in [-0.2, 0) is 9.22 Å². The largest absolute Gasteiger partial charge is 0.519 e. The summed E-state index contributed by atoms with van der Waals surface area (Å²) < 4.78 is 5.75. The Morgan fingerprint density at radius 2 is 2.07 bits per heavy atom. The van der Waals surface area contributed by atoms with Crippen LogP contribution in [0.4, 0.5) is 0 Å². The van der Waals surface area contributed by atoms with E-state index in [0.717, 1.165) is 18.5 Å². The van der Waals surface area contributed by atoms with Gasteiger partial charge in [0.1, 0.15) is 0 Å². The van der Waals surface area contributed by atoms with E-state index in [2.05, 4.69) is 13.1 Å². The molecule has 0 N–H and O–H groups in total. The van der Waals surface area contributed by atoms with Gasteiger partial charge in [-0.05, 0) is 25.1 Å². The zero-order valence-corrected chi connectivity index (χ0v) is 10.9. The number of hydrogen-bond acceptors (Lipinski definition) is 2. The van der Waals surface area contributed by atoms with Gasteiger partial charge in [0.2, 0.25) is 0 Å². The molecular formula is C12H22O2Si. The molecule has 0 radical (unpaired) electrons. The van der Waals surface area contributed by atoms with E-state index in [0.29, 0.717) is 0 Å². The fourth-order valence-corrected chi connectivity index (χ4v) is 5.23. The Balaban J connectivity index is 2.44. The summed E-state index contributed by atoms with van der Waals surface area (Å²) in [5.41, 5.74) is 0. The van der Waals surface area contributed by atoms with E-state index in [1.807, 2.05) is 6.92 Å². The molecule has 3 heteroatoms. The monoisotopic (exact) mass is 226 g/mol. The molecule has 0 aliphatic carbocycles. The van der Waals surface area contributed by atoms with E-state index in [1.54, 1.807) is 6.08 Å². The summed E-state index contributed by atoms with van der Waals surface area (Å²) in [7, 11) is -1.68. The van der Waals surface area contributed by atoms with Crippen molar-refractivity contribution in [2.24, 2.45) is 5.92 Å². The fraction of sp³-hybridized carbons (Fsp3) is 0.750. The molecule has 0 saturated carbocycles. The van der Waals surface area contributed by atoms with E-state index >= 15 is 0 Å². The number of carbonyl (C=O) groups excluding carboxylic acids is 1. The molecule has 0 bridgehead atoms. The lowest BCUT2D eigenvalue weighted by molar-refractivity contribution is -0.139. The first-order valence-electron chi connectivity index (χ1n) is 5.91. The van der Waals surface area contributed by atoms with Crippen molar-refractivity contribution in [1.82, 2.24) is 0 Å². The third-order valence-corrected chi connectivity index (χ3v) is 6.70. The van der Waals surface area contributed by atoms with Crippen LogP contribution < -0.4 is 0 Å². The van der Waals surface area contributed by atoms with Crippen molar-refractivity contribution in [3.05, 3.63) is 12.7 Å². The van der Waals surface area contributed by atoms with E-state index in [-0.39, 0.29) is 11.9 Å². The first-order chi connectivity index (χ1) is 7.07. The van der Waals surface area contributed by atoms with E-state index in [4.69, 9.17) is 4.43 Å². The molecule has 0 amide bonds. The van der Waals surface area contributed by atoms with Gasteiger partial charge in [0.25, 0.3) is 14.3 Å². The normalized spacial score (nSPS) is 21.7. The zero-order chi connectivity index (χ0) is 11.3. The van der Waals surface area contributed by atoms with Gasteiger partial charge in [0, 0.05) is 0 Å². The number of carbonyl (C=O) groups is 1. The van der Waals surface area contributed by atoms with Crippen molar-refractivity contribution in [3.8, 4) is 0 Å². The molecule has 0 aromatic carbocycles. The maximum Gasteiger partial charge on any atom is 0.295 e. The SMILES string of the molecule is C=CCC(C)C(=O)O[Si]1(C)CCCCC1. The predicted molar refractivity (Wildman–Crippen MR) is 65.2 cm³/mol. The highest BCUT2D eigenvalue weighted by Crippen LogP contribution is 2.30. The van der Waals surface area contributed by atoms with Crippen molar-refractivity contribution in [1.29, 1.82) is 0 Å². The summed E-state index contributed by atoms with van der Waals surface area (Å²) in [4.78, 5) is 11.8. The molecule has 1 atom stereocenters. The highest BCUT2D eigenvalue weighted by atomic mass is 28.4. The minimum atomic E-state index is -1.68. The molecule has 15 heavy (non-hydrogen) atoms. The number of rotatable bonds is 4. The van der Waals surface area contributed by atoms with Gasteiger partial charge in [-0.2, -0.15) is 0 Å². The fourth-order valence-electron chi connectivity index (χ4n) is 2.09. The van der Waals surface area contributed by atoms with Crippen molar-refractivity contribution >= 4 is 14.3 Å². The number of hydrogen-bond donors (Lipinski definition) is 0. The molecule has 1 aliphatic heterocycles. The van der Waals surface area contributed by atoms with Gasteiger partial charge < -0.3 is 4.43 Å². The Morgan fingerprint density at radius 3 is 2.60 bits per heavy atom. The highest BCUT2D eigenvalue weighted by molar-refractivity contribution is 6.74. The molecular weight excluding hydrogens is 204 g/mol. The minimum Gasteiger partial charge on any atom is -0.519 e. The first kappa shape index (κ1) is 12.5. The van der Waals surface area contributed by atoms with Crippen LogP contribution >= 0.6 is 0 Å². The average Bonchev–Trinajstić information content (AvgIpc) is 2.18. The lowest BCUT2D eigenvalue weighted by Gasteiger charge is -2.31. The van der Waals surface area contributed by atoms with Crippen molar-refractivity contribution in [3.63, 3.8) is 0 Å². The summed E-state index contributed by atoms with van der Waals surface area (Å²) in [5, 5.41) is 0. The molecule has 1 aliphatic rings. The van der Waals surface area contributed by atoms with E-state index in [1.165, 1.54) is 19.3 Å². The third kappa shape index (κ3) is 3.82. The average molecular weight is 226 g/mol. The van der Waals surface area contributed by atoms with Gasteiger partial charge in [0.05, 0.1) is 5.92 Å². The Bertz CT molecular complexity index is 232. The molecule has 0 spiro atoms. The lowest BCUT2D eigenvalue weighted by Crippen LogP contribution is -2.40. The quantitative estimate of drug-likeness (QED) is 0.542. The molecule has 1 saturated heterocycles. The van der Waals surface area contributed by atoms with Gasteiger partial charge in [0.15, 0.2) is 0 Å². The van der Waals surface area contributed by atoms with Gasteiger partial charge in [-0.15, -0.1) is 6.58 Å². The Kier molecular flexibility index (Phi) is 4.58. The second kappa shape index (κ2) is 5.49. The van der Waals surface area contributed by atoms with Crippen LogP contribution in [0.25, 0.3) is 0 Å². The number of allylic oxidation sites excluding steroid dienone is 1. The van der Waals surface area contributed by atoms with Gasteiger partial charge in [-0.25, -0.2) is 0 Å². The second-order valence-electron chi connectivity index (χ2n) is 4.86. The maximum absolute atomic E-state index is 11.8. The van der Waals surface area contributed by atoms with Crippen molar-refractivity contribution < 1.29 is 9.22 Å². The van der Waals surface area contributed by atoms with Gasteiger partial charge >= 0.3 is 0 Å². The molecule has 1 rings (SSSR count). The third-order valence-electron chi connectivity index (χ3n) is 3.18. The molecule has 1 heterocycles. The smallest absolute Gasteiger partial charge is 0.295 e. The van der Waals surface area contributed by atoms with Crippen LogP contribution in [-0.4, -0.2) is 14.3 Å². The summed E-state index contributed by atoms with van der Waals surface area (Å²) in [6.45, 7) is 7.77. The Labute approximate surface area is 93.8 Å². The predicted octanol–water partition coefficient (Wildman–Crippen LogP) is 3.50. The summed E-state index contributed by atoms with van der Waals surface area (Å²) in [6.07, 6.45) is 6.31. The van der Waals surface area contributed by atoms with Gasteiger partial charge in [-0.1, -0.05) is 32.3 Å². The Morgan fingerprint density at radius 1 is 1.47 bits per heavy atom. The minimum absolute atomic E-state index is 0.00836. The van der Waals surface area contributed by atoms with Crippen molar-refractivity contribution in [2.45, 2.75) is 51.2 Å². The molecule has 2 nitrogen and oxygen atoms in total. The molecule has 0 aromatic heterocycles. The summed E-state index contributed by atoms with van der Waals surface area (Å²) in [5.74, 6) is -0.0280. The summed E-state index contributed by atoms with van der Waals surface area (Å²) in [6, 6.07) is 2.30. The van der Waals surface area contributed by atoms with Crippen molar-refractivity contribution in [2.75, 3.05) is 0 Å². The highest BCUT2D eigenvalue weighted by Gasteiger charge is 2.35. The topological polar surface area (TPSA) is 26.3 Å². The molecule has 0 aromatic rings. The Hall–Kier alpha value is -0.573. The van der Waals surface area contributed by atoms with Crippen LogP contribution in [0, 0.1) is 5.92 Å². The van der Waals surface area contributed by atoms with Crippen LogP contribution in [0.5, 0.6) is 0 Å². The molecule has 1 fully saturated rings. The standard InChI is InChI=1S/C12H22O2Si/c1-4-8-11(2)12(13)14-15(3)9-6-5-7-10-15/h4,11H,1,5-10H2,2-3H3.